The van der Waals surface area contributed by atoms with Crippen LogP contribution in [-0.2, 0) is 4.74 Å². The van der Waals surface area contributed by atoms with Crippen LogP contribution in [0.1, 0.15) is 30.9 Å². The molecule has 0 spiro atoms. The van der Waals surface area contributed by atoms with Crippen molar-refractivity contribution in [3.8, 4) is 11.1 Å². The highest BCUT2D eigenvalue weighted by Gasteiger charge is 2.18. The van der Waals surface area contributed by atoms with Gasteiger partial charge in [-0.3, -0.25) is 0 Å². The number of methoxy groups -OCH3 is 1. The number of ether oxygens (including phenoxy) is 1. The van der Waals surface area contributed by atoms with Gasteiger partial charge in [0.2, 0.25) is 0 Å². The molecule has 126 valence electrons. The van der Waals surface area contributed by atoms with Crippen LogP contribution < -0.4 is 0 Å². The summed E-state index contributed by atoms with van der Waals surface area (Å²) in [6.45, 7) is 0.726. The molecular weight excluding hydrogens is 340 g/mol. The molecule has 1 heterocycles. The first kappa shape index (κ1) is 17.4. The normalized spacial score (nSPS) is 12.6. The SMILES string of the molecule is COCCCCC(O)c1cccc(Cl)c1-c1csc2ccccc12. The lowest BCUT2D eigenvalue weighted by atomic mass is 9.93. The highest BCUT2D eigenvalue weighted by Crippen LogP contribution is 2.41. The van der Waals surface area contributed by atoms with E-state index in [0.717, 1.165) is 36.1 Å². The van der Waals surface area contributed by atoms with Gasteiger partial charge in [-0.2, -0.15) is 0 Å². The molecule has 1 unspecified atom stereocenters. The van der Waals surface area contributed by atoms with E-state index in [1.807, 2.05) is 30.3 Å². The van der Waals surface area contributed by atoms with E-state index in [1.165, 1.54) is 10.1 Å². The van der Waals surface area contributed by atoms with Crippen LogP contribution in [0, 0.1) is 0 Å². The number of aliphatic hydroxyl groups excluding tert-OH is 1. The fourth-order valence-electron chi connectivity index (χ4n) is 3.01. The zero-order valence-electron chi connectivity index (χ0n) is 13.7. The smallest absolute Gasteiger partial charge is 0.0796 e. The summed E-state index contributed by atoms with van der Waals surface area (Å²) in [7, 11) is 1.70. The molecule has 2 aromatic carbocycles. The van der Waals surface area contributed by atoms with E-state index >= 15 is 0 Å². The van der Waals surface area contributed by atoms with Crippen molar-refractivity contribution in [1.29, 1.82) is 0 Å². The van der Waals surface area contributed by atoms with E-state index in [2.05, 4.69) is 17.5 Å². The second-order valence-electron chi connectivity index (χ2n) is 5.85. The first-order chi connectivity index (χ1) is 11.7. The van der Waals surface area contributed by atoms with Crippen LogP contribution in [-0.4, -0.2) is 18.8 Å². The fraction of sp³-hybridized carbons (Fsp3) is 0.300. The number of rotatable bonds is 7. The monoisotopic (exact) mass is 360 g/mol. The van der Waals surface area contributed by atoms with Crippen LogP contribution in [0.5, 0.6) is 0 Å². The Bertz CT molecular complexity index is 812. The Morgan fingerprint density at radius 3 is 2.79 bits per heavy atom. The second kappa shape index (κ2) is 8.13. The van der Waals surface area contributed by atoms with Gasteiger partial charge < -0.3 is 9.84 Å². The van der Waals surface area contributed by atoms with E-state index < -0.39 is 6.10 Å². The first-order valence-corrected chi connectivity index (χ1v) is 9.40. The molecule has 24 heavy (non-hydrogen) atoms. The average molecular weight is 361 g/mol. The maximum absolute atomic E-state index is 10.7. The third kappa shape index (κ3) is 3.65. The number of benzene rings is 2. The van der Waals surface area contributed by atoms with Gasteiger partial charge in [-0.25, -0.2) is 0 Å². The van der Waals surface area contributed by atoms with Gasteiger partial charge in [0.15, 0.2) is 0 Å². The van der Waals surface area contributed by atoms with Crippen molar-refractivity contribution in [1.82, 2.24) is 0 Å². The Hall–Kier alpha value is -1.39. The molecule has 3 aromatic rings. The van der Waals surface area contributed by atoms with Crippen LogP contribution in [0.25, 0.3) is 21.2 Å². The van der Waals surface area contributed by atoms with Crippen LogP contribution in [0.4, 0.5) is 0 Å². The molecule has 0 radical (unpaired) electrons. The largest absolute Gasteiger partial charge is 0.388 e. The third-order valence-corrected chi connectivity index (χ3v) is 5.51. The summed E-state index contributed by atoms with van der Waals surface area (Å²) in [5.74, 6) is 0. The van der Waals surface area contributed by atoms with Crippen molar-refractivity contribution in [3.63, 3.8) is 0 Å². The highest BCUT2D eigenvalue weighted by atomic mass is 35.5. The zero-order valence-corrected chi connectivity index (χ0v) is 15.2. The standard InChI is InChI=1S/C20H21ClO2S/c1-23-12-5-4-10-18(22)15-8-6-9-17(21)20(15)16-13-24-19-11-3-2-7-14(16)19/h2-3,6-9,11,13,18,22H,4-5,10,12H2,1H3. The number of hydrogen-bond donors (Lipinski definition) is 1. The Balaban J connectivity index is 1.96. The van der Waals surface area contributed by atoms with Gasteiger partial charge in [0.25, 0.3) is 0 Å². The molecule has 0 fully saturated rings. The summed E-state index contributed by atoms with van der Waals surface area (Å²) >= 11 is 8.23. The Labute approximate surface area is 151 Å². The first-order valence-electron chi connectivity index (χ1n) is 8.14. The van der Waals surface area contributed by atoms with E-state index in [4.69, 9.17) is 16.3 Å². The summed E-state index contributed by atoms with van der Waals surface area (Å²) in [5.41, 5.74) is 2.96. The van der Waals surface area contributed by atoms with Gasteiger partial charge >= 0.3 is 0 Å². The van der Waals surface area contributed by atoms with Crippen molar-refractivity contribution in [3.05, 3.63) is 58.4 Å². The van der Waals surface area contributed by atoms with Crippen LogP contribution in [0.15, 0.2) is 47.8 Å². The quantitative estimate of drug-likeness (QED) is 0.518. The molecule has 0 aliphatic carbocycles. The number of unbranched alkanes of at least 4 members (excludes halogenated alkanes) is 1. The molecular formula is C20H21ClO2S. The van der Waals surface area contributed by atoms with E-state index in [-0.39, 0.29) is 0 Å². The van der Waals surface area contributed by atoms with E-state index in [9.17, 15) is 5.11 Å². The lowest BCUT2D eigenvalue weighted by molar-refractivity contribution is 0.151. The van der Waals surface area contributed by atoms with Crippen molar-refractivity contribution in [2.45, 2.75) is 25.4 Å². The van der Waals surface area contributed by atoms with Crippen LogP contribution in [0.2, 0.25) is 5.02 Å². The molecule has 2 nitrogen and oxygen atoms in total. The molecule has 0 aliphatic rings. The average Bonchev–Trinajstić information content (AvgIpc) is 3.02. The lowest BCUT2D eigenvalue weighted by Crippen LogP contribution is -2.01. The molecule has 4 heteroatoms. The molecule has 1 atom stereocenters. The number of thiophene rings is 1. The van der Waals surface area contributed by atoms with E-state index in [1.54, 1.807) is 18.4 Å². The summed E-state index contributed by atoms with van der Waals surface area (Å²) in [6, 6.07) is 14.1. The van der Waals surface area contributed by atoms with Gasteiger partial charge in [0.1, 0.15) is 0 Å². The molecule has 1 aromatic heterocycles. The fourth-order valence-corrected chi connectivity index (χ4v) is 4.25. The summed E-state index contributed by atoms with van der Waals surface area (Å²) in [5, 5.41) is 14.7. The highest BCUT2D eigenvalue weighted by molar-refractivity contribution is 7.17. The summed E-state index contributed by atoms with van der Waals surface area (Å²) in [4.78, 5) is 0. The predicted molar refractivity (Wildman–Crippen MR) is 103 cm³/mol. The maximum Gasteiger partial charge on any atom is 0.0796 e. The number of halogens is 1. The molecule has 0 amide bonds. The molecule has 0 saturated heterocycles. The van der Waals surface area contributed by atoms with Crippen molar-refractivity contribution in [2.24, 2.45) is 0 Å². The van der Waals surface area contributed by atoms with Gasteiger partial charge in [0, 0.05) is 40.0 Å². The summed E-state index contributed by atoms with van der Waals surface area (Å²) < 4.78 is 6.31. The molecule has 0 aliphatic heterocycles. The number of aliphatic hydroxyl groups is 1. The van der Waals surface area contributed by atoms with Crippen molar-refractivity contribution >= 4 is 33.0 Å². The van der Waals surface area contributed by atoms with Crippen LogP contribution >= 0.6 is 22.9 Å². The van der Waals surface area contributed by atoms with E-state index in [0.29, 0.717) is 11.4 Å². The van der Waals surface area contributed by atoms with Gasteiger partial charge in [-0.05, 0) is 42.3 Å². The minimum Gasteiger partial charge on any atom is -0.388 e. The minimum absolute atomic E-state index is 0.519. The Morgan fingerprint density at radius 1 is 1.12 bits per heavy atom. The topological polar surface area (TPSA) is 29.5 Å². The van der Waals surface area contributed by atoms with Gasteiger partial charge in [-0.1, -0.05) is 41.9 Å². The number of fused-ring (bicyclic) bond motifs is 1. The Morgan fingerprint density at radius 2 is 1.96 bits per heavy atom. The number of hydrogen-bond acceptors (Lipinski definition) is 3. The predicted octanol–water partition coefficient (Wildman–Crippen LogP) is 6.07. The van der Waals surface area contributed by atoms with Crippen LogP contribution in [0.3, 0.4) is 0 Å². The van der Waals surface area contributed by atoms with Gasteiger partial charge in [-0.15, -0.1) is 11.3 Å². The third-order valence-electron chi connectivity index (χ3n) is 4.23. The maximum atomic E-state index is 10.7. The Kier molecular flexibility index (Phi) is 5.90. The second-order valence-corrected chi connectivity index (χ2v) is 7.17. The molecule has 1 N–H and O–H groups in total. The zero-order chi connectivity index (χ0) is 16.9. The molecule has 3 rings (SSSR count). The lowest BCUT2D eigenvalue weighted by Gasteiger charge is -2.17. The summed E-state index contributed by atoms with van der Waals surface area (Å²) in [6.07, 6.45) is 2.06. The molecule has 0 bridgehead atoms. The van der Waals surface area contributed by atoms with Gasteiger partial charge in [0.05, 0.1) is 6.10 Å². The van der Waals surface area contributed by atoms with Crippen molar-refractivity contribution in [2.75, 3.05) is 13.7 Å². The van der Waals surface area contributed by atoms with Crippen molar-refractivity contribution < 1.29 is 9.84 Å². The molecule has 0 saturated carbocycles. The minimum atomic E-state index is -0.519.